The number of aryl methyl sites for hydroxylation is 1. The summed E-state index contributed by atoms with van der Waals surface area (Å²) in [7, 11) is 0. The van der Waals surface area contributed by atoms with Gasteiger partial charge in [-0.15, -0.1) is 6.58 Å². The normalized spacial score (nSPS) is 10.7. The van der Waals surface area contributed by atoms with Crippen LogP contribution < -0.4 is 10.7 Å². The smallest absolute Gasteiger partial charge is 0.322 e. The molecule has 0 aliphatic rings. The van der Waals surface area contributed by atoms with E-state index < -0.39 is 6.03 Å². The molecular weight excluding hydrogens is 537 g/mol. The first-order valence-electron chi connectivity index (χ1n) is 12.2. The molecule has 200 valence electrons. The van der Waals surface area contributed by atoms with Crippen molar-refractivity contribution in [2.45, 2.75) is 20.0 Å². The van der Waals surface area contributed by atoms with Crippen molar-refractivity contribution in [1.82, 2.24) is 9.80 Å². The fraction of sp³-hybridized carbons (Fsp3) is 0.167. The second kappa shape index (κ2) is 12.7. The van der Waals surface area contributed by atoms with E-state index in [1.807, 2.05) is 43.3 Å². The number of benzene rings is 3. The van der Waals surface area contributed by atoms with Gasteiger partial charge < -0.3 is 19.5 Å². The molecule has 0 spiro atoms. The molecule has 9 heteroatoms. The number of urea groups is 1. The third-order valence-electron chi connectivity index (χ3n) is 6.07. The molecule has 4 rings (SSSR count). The summed E-state index contributed by atoms with van der Waals surface area (Å²) in [6, 6.07) is 19.0. The average Bonchev–Trinajstić information content (AvgIpc) is 2.92. The number of hydrogen-bond acceptors (Lipinski definition) is 4. The summed E-state index contributed by atoms with van der Waals surface area (Å²) in [5.41, 5.74) is 2.77. The molecule has 0 aliphatic carbocycles. The maximum atomic E-state index is 13.6. The first kappa shape index (κ1) is 28.0. The van der Waals surface area contributed by atoms with E-state index in [1.54, 1.807) is 24.3 Å². The lowest BCUT2D eigenvalue weighted by atomic mass is 10.1. The predicted octanol–water partition coefficient (Wildman–Crippen LogP) is 6.66. The van der Waals surface area contributed by atoms with Gasteiger partial charge in [0.25, 0.3) is 0 Å². The highest BCUT2D eigenvalue weighted by atomic mass is 35.5. The molecule has 39 heavy (non-hydrogen) atoms. The van der Waals surface area contributed by atoms with Crippen LogP contribution >= 0.6 is 23.2 Å². The molecule has 4 aromatic rings. The highest BCUT2D eigenvalue weighted by Crippen LogP contribution is 2.25. The lowest BCUT2D eigenvalue weighted by Crippen LogP contribution is -2.44. The lowest BCUT2D eigenvalue weighted by Gasteiger charge is -2.27. The standard InChI is InChI=1S/C30H27Cl2N3O4/c1-3-13-34(30(38)33-26-11-10-23(31)15-25(26)32)18-28(36)35(16-21-7-5-4-6-8-21)17-22-19-39-27-12-9-20(2)14-24(27)29(22)37/h3-12,14-15,19H,1,13,16-18H2,2H3,(H,33,38). The summed E-state index contributed by atoms with van der Waals surface area (Å²) in [5.74, 6) is -0.359. The minimum absolute atomic E-state index is 0.00645. The Balaban J connectivity index is 1.59. The van der Waals surface area contributed by atoms with Crippen molar-refractivity contribution >= 4 is 51.8 Å². The molecule has 0 fully saturated rings. The van der Waals surface area contributed by atoms with E-state index >= 15 is 0 Å². The highest BCUT2D eigenvalue weighted by Gasteiger charge is 2.23. The molecule has 0 aliphatic heterocycles. The fourth-order valence-corrected chi connectivity index (χ4v) is 4.52. The number of amides is 3. The van der Waals surface area contributed by atoms with Crippen LogP contribution in [-0.4, -0.2) is 34.8 Å². The number of carbonyl (C=O) groups is 2. The minimum Gasteiger partial charge on any atom is -0.464 e. The second-order valence-electron chi connectivity index (χ2n) is 9.05. The molecule has 0 unspecified atom stereocenters. The Morgan fingerprint density at radius 2 is 1.77 bits per heavy atom. The summed E-state index contributed by atoms with van der Waals surface area (Å²) in [5, 5.41) is 3.86. The van der Waals surface area contributed by atoms with Crippen molar-refractivity contribution in [2.75, 3.05) is 18.4 Å². The zero-order chi connectivity index (χ0) is 27.9. The highest BCUT2D eigenvalue weighted by molar-refractivity contribution is 6.36. The largest absolute Gasteiger partial charge is 0.464 e. The van der Waals surface area contributed by atoms with Crippen LogP contribution in [0.15, 0.2) is 94.9 Å². The third-order valence-corrected chi connectivity index (χ3v) is 6.61. The van der Waals surface area contributed by atoms with Crippen molar-refractivity contribution in [2.24, 2.45) is 0 Å². The van der Waals surface area contributed by atoms with Crippen LogP contribution in [0.3, 0.4) is 0 Å². The van der Waals surface area contributed by atoms with Crippen LogP contribution in [0, 0.1) is 6.92 Å². The maximum absolute atomic E-state index is 13.6. The summed E-state index contributed by atoms with van der Waals surface area (Å²) in [4.78, 5) is 42.8. The number of hydrogen-bond donors (Lipinski definition) is 1. The van der Waals surface area contributed by atoms with Crippen LogP contribution in [0.4, 0.5) is 10.5 Å². The molecule has 3 amide bonds. The van der Waals surface area contributed by atoms with Crippen molar-refractivity contribution < 1.29 is 14.0 Å². The zero-order valence-electron chi connectivity index (χ0n) is 21.3. The molecule has 0 radical (unpaired) electrons. The molecule has 1 heterocycles. The minimum atomic E-state index is -0.534. The van der Waals surface area contributed by atoms with Crippen LogP contribution in [0.1, 0.15) is 16.7 Å². The number of halogens is 2. The Morgan fingerprint density at radius 3 is 2.49 bits per heavy atom. The van der Waals surface area contributed by atoms with Crippen LogP contribution in [0.5, 0.6) is 0 Å². The Hall–Kier alpha value is -4.07. The van der Waals surface area contributed by atoms with Gasteiger partial charge in [-0.05, 0) is 42.8 Å². The molecule has 0 saturated heterocycles. The fourth-order valence-electron chi connectivity index (χ4n) is 4.06. The van der Waals surface area contributed by atoms with Gasteiger partial charge in [0.1, 0.15) is 12.1 Å². The van der Waals surface area contributed by atoms with Gasteiger partial charge >= 0.3 is 6.03 Å². The number of nitrogens with one attached hydrogen (secondary N) is 1. The Kier molecular flexibility index (Phi) is 9.07. The van der Waals surface area contributed by atoms with Crippen molar-refractivity contribution in [3.63, 3.8) is 0 Å². The summed E-state index contributed by atoms with van der Waals surface area (Å²) >= 11 is 12.2. The summed E-state index contributed by atoms with van der Waals surface area (Å²) in [6.07, 6.45) is 2.92. The average molecular weight is 564 g/mol. The molecule has 1 aromatic heterocycles. The number of rotatable bonds is 9. The van der Waals surface area contributed by atoms with Gasteiger partial charge in [0.05, 0.1) is 34.5 Å². The monoisotopic (exact) mass is 563 g/mol. The molecule has 1 N–H and O–H groups in total. The van der Waals surface area contributed by atoms with Crippen molar-refractivity contribution in [3.05, 3.63) is 123 Å². The van der Waals surface area contributed by atoms with E-state index in [0.717, 1.165) is 11.1 Å². The van der Waals surface area contributed by atoms with Gasteiger partial charge in [-0.3, -0.25) is 9.59 Å². The van der Waals surface area contributed by atoms with E-state index in [9.17, 15) is 14.4 Å². The molecule has 0 atom stereocenters. The zero-order valence-corrected chi connectivity index (χ0v) is 22.8. The maximum Gasteiger partial charge on any atom is 0.322 e. The second-order valence-corrected chi connectivity index (χ2v) is 9.89. The van der Waals surface area contributed by atoms with Crippen LogP contribution in [0.25, 0.3) is 11.0 Å². The predicted molar refractivity (Wildman–Crippen MR) is 155 cm³/mol. The first-order valence-corrected chi connectivity index (χ1v) is 13.0. The molecule has 0 saturated carbocycles. The van der Waals surface area contributed by atoms with Crippen LogP contribution in [-0.2, 0) is 17.9 Å². The van der Waals surface area contributed by atoms with Crippen molar-refractivity contribution in [1.29, 1.82) is 0 Å². The van der Waals surface area contributed by atoms with E-state index in [4.69, 9.17) is 27.6 Å². The topological polar surface area (TPSA) is 82.9 Å². The molecule has 7 nitrogen and oxygen atoms in total. The van der Waals surface area contributed by atoms with E-state index in [0.29, 0.717) is 27.2 Å². The number of nitrogens with zero attached hydrogens (tertiary/aromatic N) is 2. The molecule has 0 bridgehead atoms. The SMILES string of the molecule is C=CCN(CC(=O)N(Cc1ccccc1)Cc1coc2ccc(C)cc2c1=O)C(=O)Nc1ccc(Cl)cc1Cl. The van der Waals surface area contributed by atoms with Gasteiger partial charge in [0.15, 0.2) is 5.43 Å². The first-order chi connectivity index (χ1) is 18.7. The third kappa shape index (κ3) is 7.07. The van der Waals surface area contributed by atoms with Gasteiger partial charge in [-0.1, -0.05) is 71.2 Å². The van der Waals surface area contributed by atoms with E-state index in [1.165, 1.54) is 28.2 Å². The van der Waals surface area contributed by atoms with Gasteiger partial charge in [-0.25, -0.2) is 4.79 Å². The summed E-state index contributed by atoms with van der Waals surface area (Å²) in [6.45, 7) is 5.70. The van der Waals surface area contributed by atoms with Crippen LogP contribution in [0.2, 0.25) is 10.0 Å². The Labute approximate surface area is 236 Å². The Bertz CT molecular complexity index is 1570. The number of fused-ring (bicyclic) bond motifs is 1. The molecule has 3 aromatic carbocycles. The molecular formula is C30H27Cl2N3O4. The van der Waals surface area contributed by atoms with Gasteiger partial charge in [0, 0.05) is 18.1 Å². The lowest BCUT2D eigenvalue weighted by molar-refractivity contribution is -0.133. The van der Waals surface area contributed by atoms with E-state index in [-0.39, 0.29) is 42.5 Å². The van der Waals surface area contributed by atoms with Gasteiger partial charge in [0.2, 0.25) is 5.91 Å². The van der Waals surface area contributed by atoms with Crippen molar-refractivity contribution in [3.8, 4) is 0 Å². The van der Waals surface area contributed by atoms with Gasteiger partial charge in [-0.2, -0.15) is 0 Å². The Morgan fingerprint density at radius 1 is 1.00 bits per heavy atom. The summed E-state index contributed by atoms with van der Waals surface area (Å²) < 4.78 is 5.71. The quantitative estimate of drug-likeness (QED) is 0.231. The number of anilines is 1. The van der Waals surface area contributed by atoms with E-state index in [2.05, 4.69) is 11.9 Å². The number of carbonyl (C=O) groups excluding carboxylic acids is 2.